The fourth-order valence-electron chi connectivity index (χ4n) is 1.28. The maximum atomic E-state index is 4.48. The molecular formula is C14H19NS. The van der Waals surface area contributed by atoms with Crippen LogP contribution in [0.3, 0.4) is 0 Å². The van der Waals surface area contributed by atoms with Crippen LogP contribution in [0.4, 0.5) is 0 Å². The molecule has 0 spiro atoms. The van der Waals surface area contributed by atoms with E-state index in [1.807, 2.05) is 31.3 Å². The van der Waals surface area contributed by atoms with E-state index in [4.69, 9.17) is 0 Å². The lowest BCUT2D eigenvalue weighted by Crippen LogP contribution is -2.09. The molecule has 86 valence electrons. The highest BCUT2D eigenvalue weighted by Gasteiger charge is 2.18. The summed E-state index contributed by atoms with van der Waals surface area (Å²) in [5.41, 5.74) is 1.29. The minimum Gasteiger partial charge on any atom is -0.248 e. The zero-order valence-electron chi connectivity index (χ0n) is 10.4. The van der Waals surface area contributed by atoms with E-state index >= 15 is 0 Å². The molecule has 2 heteroatoms. The zero-order chi connectivity index (χ0) is 12.2. The summed E-state index contributed by atoms with van der Waals surface area (Å²) >= 11 is 1.75. The molecule has 0 saturated heterocycles. The van der Waals surface area contributed by atoms with Gasteiger partial charge < -0.3 is 0 Å². The van der Waals surface area contributed by atoms with E-state index in [2.05, 4.69) is 38.4 Å². The summed E-state index contributed by atoms with van der Waals surface area (Å²) < 4.78 is 0. The van der Waals surface area contributed by atoms with Crippen molar-refractivity contribution in [1.29, 1.82) is 0 Å². The molecule has 0 atom stereocenters. The molecule has 0 fully saturated rings. The van der Waals surface area contributed by atoms with Gasteiger partial charge in [0.25, 0.3) is 0 Å². The molecule has 0 N–H and O–H groups in total. The van der Waals surface area contributed by atoms with Crippen LogP contribution in [0.1, 0.15) is 37.6 Å². The first-order chi connectivity index (χ1) is 7.49. The molecule has 0 unspecified atom stereocenters. The van der Waals surface area contributed by atoms with E-state index in [1.54, 1.807) is 11.3 Å². The first kappa shape index (κ1) is 12.9. The minimum atomic E-state index is 0.123. The molecule has 16 heavy (non-hydrogen) atoms. The van der Waals surface area contributed by atoms with Gasteiger partial charge in [0.15, 0.2) is 0 Å². The first-order valence-electron chi connectivity index (χ1n) is 5.41. The molecular weight excluding hydrogens is 214 g/mol. The standard InChI is InChI=1S/C14H19NS/c1-6-8-11(9-7-2)12-10-15-13(16-12)14(3,4)5/h6-10H,1H2,2-5H3/b9-7-,11-8+. The van der Waals surface area contributed by atoms with Crippen LogP contribution in [0.2, 0.25) is 0 Å². The molecule has 1 nitrogen and oxygen atoms in total. The van der Waals surface area contributed by atoms with Crippen LogP contribution in [0.25, 0.3) is 5.57 Å². The Morgan fingerprint density at radius 3 is 2.56 bits per heavy atom. The Hall–Kier alpha value is -1.15. The van der Waals surface area contributed by atoms with E-state index in [1.165, 1.54) is 15.5 Å². The summed E-state index contributed by atoms with van der Waals surface area (Å²) in [7, 11) is 0. The predicted octanol–water partition coefficient (Wildman–Crippen LogP) is 4.59. The molecule has 1 aromatic heterocycles. The summed E-state index contributed by atoms with van der Waals surface area (Å²) in [5, 5.41) is 1.17. The number of hydrogen-bond acceptors (Lipinski definition) is 2. The summed E-state index contributed by atoms with van der Waals surface area (Å²) in [6, 6.07) is 0. The highest BCUT2D eigenvalue weighted by molar-refractivity contribution is 7.13. The fraction of sp³-hybridized carbons (Fsp3) is 0.357. The summed E-state index contributed by atoms with van der Waals surface area (Å²) in [4.78, 5) is 5.68. The molecule has 0 amide bonds. The Morgan fingerprint density at radius 1 is 1.44 bits per heavy atom. The van der Waals surface area contributed by atoms with Gasteiger partial charge in [-0.1, -0.05) is 51.7 Å². The Kier molecular flexibility index (Phi) is 4.25. The van der Waals surface area contributed by atoms with Crippen LogP contribution in [-0.2, 0) is 5.41 Å². The zero-order valence-corrected chi connectivity index (χ0v) is 11.3. The van der Waals surface area contributed by atoms with Gasteiger partial charge in [0.05, 0.1) is 9.88 Å². The van der Waals surface area contributed by atoms with Crippen LogP contribution >= 0.6 is 11.3 Å². The molecule has 0 aliphatic rings. The van der Waals surface area contributed by atoms with Gasteiger partial charge in [0, 0.05) is 11.6 Å². The molecule has 0 saturated carbocycles. The van der Waals surface area contributed by atoms with Crippen LogP contribution in [0, 0.1) is 0 Å². The van der Waals surface area contributed by atoms with E-state index in [9.17, 15) is 0 Å². The number of allylic oxidation sites excluding steroid dienone is 5. The van der Waals surface area contributed by atoms with Gasteiger partial charge >= 0.3 is 0 Å². The lowest BCUT2D eigenvalue weighted by Gasteiger charge is -2.13. The third kappa shape index (κ3) is 3.17. The monoisotopic (exact) mass is 233 g/mol. The van der Waals surface area contributed by atoms with Gasteiger partial charge in [-0.05, 0) is 12.5 Å². The van der Waals surface area contributed by atoms with Crippen molar-refractivity contribution in [1.82, 2.24) is 4.98 Å². The predicted molar refractivity (Wildman–Crippen MR) is 73.8 cm³/mol. The topological polar surface area (TPSA) is 12.9 Å². The summed E-state index contributed by atoms with van der Waals surface area (Å²) in [6.45, 7) is 12.3. The van der Waals surface area contributed by atoms with Crippen LogP contribution in [-0.4, -0.2) is 4.98 Å². The number of aromatic nitrogens is 1. The lowest BCUT2D eigenvalue weighted by molar-refractivity contribution is 0.585. The van der Waals surface area contributed by atoms with E-state index in [0.717, 1.165) is 0 Å². The van der Waals surface area contributed by atoms with E-state index in [0.29, 0.717) is 0 Å². The average Bonchev–Trinajstić information content (AvgIpc) is 2.65. The van der Waals surface area contributed by atoms with Gasteiger partial charge in [-0.3, -0.25) is 0 Å². The van der Waals surface area contributed by atoms with Crippen LogP contribution in [0.15, 0.2) is 37.1 Å². The molecule has 0 aliphatic carbocycles. The van der Waals surface area contributed by atoms with Crippen molar-refractivity contribution >= 4 is 16.9 Å². The number of thiazole rings is 1. The van der Waals surface area contributed by atoms with E-state index in [-0.39, 0.29) is 5.41 Å². The van der Waals surface area contributed by atoms with Gasteiger partial charge in [0.1, 0.15) is 0 Å². The second-order valence-corrected chi connectivity index (χ2v) is 5.67. The molecule has 0 radical (unpaired) electrons. The third-order valence-electron chi connectivity index (χ3n) is 2.08. The molecule has 1 aromatic rings. The smallest absolute Gasteiger partial charge is 0.0984 e. The first-order valence-corrected chi connectivity index (χ1v) is 6.22. The SMILES string of the molecule is C=C/C=C(\C=C/C)c1cnc(C(C)(C)C)s1. The maximum Gasteiger partial charge on any atom is 0.0984 e. The molecule has 0 aliphatic heterocycles. The van der Waals surface area contributed by atoms with Crippen molar-refractivity contribution in [2.24, 2.45) is 0 Å². The van der Waals surface area contributed by atoms with Gasteiger partial charge in [-0.25, -0.2) is 4.98 Å². The highest BCUT2D eigenvalue weighted by atomic mass is 32.1. The third-order valence-corrected chi connectivity index (χ3v) is 3.55. The summed E-state index contributed by atoms with van der Waals surface area (Å²) in [5.74, 6) is 0. The van der Waals surface area contributed by atoms with Gasteiger partial charge in [0.2, 0.25) is 0 Å². The second kappa shape index (κ2) is 5.26. The Bertz CT molecular complexity index is 416. The van der Waals surface area contributed by atoms with Gasteiger partial charge in [-0.2, -0.15) is 0 Å². The van der Waals surface area contributed by atoms with Crippen molar-refractivity contribution in [3.63, 3.8) is 0 Å². The fourth-order valence-corrected chi connectivity index (χ4v) is 2.26. The molecule has 0 bridgehead atoms. The lowest BCUT2D eigenvalue weighted by atomic mass is 9.98. The number of rotatable bonds is 3. The highest BCUT2D eigenvalue weighted by Crippen LogP contribution is 2.30. The number of nitrogens with zero attached hydrogens (tertiary/aromatic N) is 1. The van der Waals surface area contributed by atoms with Crippen molar-refractivity contribution in [3.8, 4) is 0 Å². The average molecular weight is 233 g/mol. The summed E-state index contributed by atoms with van der Waals surface area (Å²) in [6.07, 6.45) is 9.89. The molecule has 1 heterocycles. The van der Waals surface area contributed by atoms with Crippen molar-refractivity contribution < 1.29 is 0 Å². The second-order valence-electron chi connectivity index (χ2n) is 4.64. The molecule has 0 aromatic carbocycles. The quantitative estimate of drug-likeness (QED) is 0.696. The van der Waals surface area contributed by atoms with Gasteiger partial charge in [-0.15, -0.1) is 11.3 Å². The van der Waals surface area contributed by atoms with E-state index < -0.39 is 0 Å². The minimum absolute atomic E-state index is 0.123. The Balaban J connectivity index is 3.09. The normalized spacial score (nSPS) is 13.4. The van der Waals surface area contributed by atoms with Crippen molar-refractivity contribution in [2.75, 3.05) is 0 Å². The number of hydrogen-bond donors (Lipinski definition) is 0. The maximum absolute atomic E-state index is 4.48. The Labute approximate surface area is 102 Å². The van der Waals surface area contributed by atoms with Crippen LogP contribution < -0.4 is 0 Å². The Morgan fingerprint density at radius 2 is 2.12 bits per heavy atom. The largest absolute Gasteiger partial charge is 0.248 e. The van der Waals surface area contributed by atoms with Crippen molar-refractivity contribution in [2.45, 2.75) is 33.1 Å². The van der Waals surface area contributed by atoms with Crippen LogP contribution in [0.5, 0.6) is 0 Å². The molecule has 1 rings (SSSR count). The van der Waals surface area contributed by atoms with Crippen molar-refractivity contribution in [3.05, 3.63) is 47.0 Å².